The van der Waals surface area contributed by atoms with E-state index in [1.807, 2.05) is 0 Å². The monoisotopic (exact) mass is 187 g/mol. The Morgan fingerprint density at radius 2 is 2.00 bits per heavy atom. The van der Waals surface area contributed by atoms with Crippen molar-refractivity contribution in [2.75, 3.05) is 6.61 Å². The molecule has 2 nitrogen and oxygen atoms in total. The second kappa shape index (κ2) is 7.34. The van der Waals surface area contributed by atoms with Crippen molar-refractivity contribution < 1.29 is 4.74 Å². The highest BCUT2D eigenvalue weighted by Crippen LogP contribution is 2.25. The van der Waals surface area contributed by atoms with E-state index >= 15 is 0 Å². The van der Waals surface area contributed by atoms with Gasteiger partial charge in [-0.1, -0.05) is 33.1 Å². The standard InChI is InChI=1S/C11H22O.H3N/c1-3-5-6-10(4-2)9-12-11-7-8-11;/h10-11H,3-9H2,1-2H3;1H3. The van der Waals surface area contributed by atoms with Crippen LogP contribution in [0.1, 0.15) is 52.4 Å². The van der Waals surface area contributed by atoms with E-state index in [-0.39, 0.29) is 6.15 Å². The molecule has 1 fully saturated rings. The Bertz CT molecular complexity index is 113. The van der Waals surface area contributed by atoms with E-state index in [2.05, 4.69) is 13.8 Å². The van der Waals surface area contributed by atoms with Gasteiger partial charge in [-0.05, 0) is 25.2 Å². The number of rotatable bonds is 7. The Labute approximate surface area is 82.6 Å². The molecular formula is C11H25NO. The summed E-state index contributed by atoms with van der Waals surface area (Å²) in [7, 11) is 0. The summed E-state index contributed by atoms with van der Waals surface area (Å²) in [5.41, 5.74) is 0. The molecule has 0 aliphatic heterocycles. The Hall–Kier alpha value is -0.0800. The maximum Gasteiger partial charge on any atom is 0.0577 e. The minimum atomic E-state index is 0. The summed E-state index contributed by atoms with van der Waals surface area (Å²) in [6, 6.07) is 0. The summed E-state index contributed by atoms with van der Waals surface area (Å²) in [5, 5.41) is 0. The Morgan fingerprint density at radius 1 is 1.31 bits per heavy atom. The average molecular weight is 187 g/mol. The van der Waals surface area contributed by atoms with Crippen LogP contribution in [0.3, 0.4) is 0 Å². The van der Waals surface area contributed by atoms with Gasteiger partial charge in [-0.3, -0.25) is 0 Å². The Morgan fingerprint density at radius 3 is 2.46 bits per heavy atom. The van der Waals surface area contributed by atoms with Gasteiger partial charge in [-0.15, -0.1) is 0 Å². The third-order valence-electron chi connectivity index (χ3n) is 2.64. The third-order valence-corrected chi connectivity index (χ3v) is 2.64. The van der Waals surface area contributed by atoms with Gasteiger partial charge in [0.2, 0.25) is 0 Å². The molecule has 1 atom stereocenters. The molecule has 1 unspecified atom stereocenters. The van der Waals surface area contributed by atoms with Gasteiger partial charge in [-0.25, -0.2) is 0 Å². The van der Waals surface area contributed by atoms with Crippen LogP contribution in [0.5, 0.6) is 0 Å². The lowest BCUT2D eigenvalue weighted by molar-refractivity contribution is 0.0812. The maximum atomic E-state index is 5.70. The summed E-state index contributed by atoms with van der Waals surface area (Å²) in [6.07, 6.45) is 8.59. The largest absolute Gasteiger partial charge is 0.378 e. The van der Waals surface area contributed by atoms with Crippen molar-refractivity contribution in [2.45, 2.75) is 58.5 Å². The zero-order valence-corrected chi connectivity index (χ0v) is 9.22. The first-order valence-electron chi connectivity index (χ1n) is 5.48. The first-order chi connectivity index (χ1) is 5.86. The molecule has 1 saturated carbocycles. The van der Waals surface area contributed by atoms with Crippen LogP contribution in [-0.2, 0) is 4.74 Å². The number of hydrogen-bond donors (Lipinski definition) is 1. The number of ether oxygens (including phenoxy) is 1. The highest BCUT2D eigenvalue weighted by Gasteiger charge is 2.22. The van der Waals surface area contributed by atoms with Crippen molar-refractivity contribution in [3.63, 3.8) is 0 Å². The van der Waals surface area contributed by atoms with Crippen molar-refractivity contribution >= 4 is 0 Å². The fourth-order valence-corrected chi connectivity index (χ4v) is 1.40. The molecule has 0 radical (unpaired) electrons. The minimum Gasteiger partial charge on any atom is -0.378 e. The topological polar surface area (TPSA) is 44.2 Å². The van der Waals surface area contributed by atoms with Crippen molar-refractivity contribution in [3.05, 3.63) is 0 Å². The lowest BCUT2D eigenvalue weighted by Gasteiger charge is -2.13. The molecule has 0 aromatic rings. The van der Waals surface area contributed by atoms with Crippen LogP contribution in [0.4, 0.5) is 0 Å². The lowest BCUT2D eigenvalue weighted by atomic mass is 10.0. The van der Waals surface area contributed by atoms with E-state index < -0.39 is 0 Å². The first kappa shape index (κ1) is 12.9. The van der Waals surface area contributed by atoms with Crippen molar-refractivity contribution in [1.82, 2.24) is 6.15 Å². The summed E-state index contributed by atoms with van der Waals surface area (Å²) in [5.74, 6) is 0.825. The second-order valence-corrected chi connectivity index (χ2v) is 3.95. The predicted octanol–water partition coefficient (Wildman–Crippen LogP) is 3.54. The lowest BCUT2D eigenvalue weighted by Crippen LogP contribution is -2.09. The zero-order chi connectivity index (χ0) is 8.81. The van der Waals surface area contributed by atoms with E-state index in [0.717, 1.165) is 12.5 Å². The molecule has 1 rings (SSSR count). The Kier molecular flexibility index (Phi) is 7.29. The van der Waals surface area contributed by atoms with Gasteiger partial charge in [-0.2, -0.15) is 0 Å². The fraction of sp³-hybridized carbons (Fsp3) is 1.00. The maximum absolute atomic E-state index is 5.70. The molecule has 0 aromatic heterocycles. The smallest absolute Gasteiger partial charge is 0.0577 e. The van der Waals surface area contributed by atoms with Gasteiger partial charge < -0.3 is 10.9 Å². The Balaban J connectivity index is 0.00000144. The van der Waals surface area contributed by atoms with Gasteiger partial charge in [0.05, 0.1) is 6.10 Å². The number of hydrogen-bond acceptors (Lipinski definition) is 2. The van der Waals surface area contributed by atoms with Crippen molar-refractivity contribution in [2.24, 2.45) is 5.92 Å². The molecule has 1 aliphatic rings. The molecule has 80 valence electrons. The quantitative estimate of drug-likeness (QED) is 0.662. The summed E-state index contributed by atoms with van der Waals surface area (Å²) in [6.45, 7) is 5.55. The predicted molar refractivity (Wildman–Crippen MR) is 57.3 cm³/mol. The molecule has 0 bridgehead atoms. The normalized spacial score (nSPS) is 18.0. The van der Waals surface area contributed by atoms with Gasteiger partial charge in [0.15, 0.2) is 0 Å². The van der Waals surface area contributed by atoms with Crippen LogP contribution in [-0.4, -0.2) is 12.7 Å². The van der Waals surface area contributed by atoms with Gasteiger partial charge in [0.1, 0.15) is 0 Å². The van der Waals surface area contributed by atoms with Crippen LogP contribution in [0.25, 0.3) is 0 Å². The van der Waals surface area contributed by atoms with Crippen molar-refractivity contribution in [3.8, 4) is 0 Å². The van der Waals surface area contributed by atoms with Crippen LogP contribution in [0.15, 0.2) is 0 Å². The molecule has 13 heavy (non-hydrogen) atoms. The van der Waals surface area contributed by atoms with E-state index in [0.29, 0.717) is 6.10 Å². The molecule has 3 N–H and O–H groups in total. The fourth-order valence-electron chi connectivity index (χ4n) is 1.40. The average Bonchev–Trinajstić information content (AvgIpc) is 2.89. The van der Waals surface area contributed by atoms with Crippen LogP contribution in [0.2, 0.25) is 0 Å². The van der Waals surface area contributed by atoms with E-state index in [4.69, 9.17) is 4.74 Å². The molecule has 0 spiro atoms. The summed E-state index contributed by atoms with van der Waals surface area (Å²) >= 11 is 0. The molecule has 0 aromatic carbocycles. The van der Waals surface area contributed by atoms with Gasteiger partial charge in [0.25, 0.3) is 0 Å². The van der Waals surface area contributed by atoms with Crippen molar-refractivity contribution in [1.29, 1.82) is 0 Å². The summed E-state index contributed by atoms with van der Waals surface area (Å²) < 4.78 is 5.70. The van der Waals surface area contributed by atoms with Crippen LogP contribution < -0.4 is 6.15 Å². The van der Waals surface area contributed by atoms with E-state index in [9.17, 15) is 0 Å². The number of unbranched alkanes of at least 4 members (excludes halogenated alkanes) is 1. The first-order valence-corrected chi connectivity index (χ1v) is 5.48. The van der Waals surface area contributed by atoms with Crippen LogP contribution in [0, 0.1) is 5.92 Å². The molecule has 2 heteroatoms. The van der Waals surface area contributed by atoms with Gasteiger partial charge >= 0.3 is 0 Å². The zero-order valence-electron chi connectivity index (χ0n) is 9.22. The van der Waals surface area contributed by atoms with E-state index in [1.54, 1.807) is 0 Å². The third kappa shape index (κ3) is 6.05. The van der Waals surface area contributed by atoms with Gasteiger partial charge in [0, 0.05) is 6.61 Å². The summed E-state index contributed by atoms with van der Waals surface area (Å²) in [4.78, 5) is 0. The molecule has 0 amide bonds. The molecule has 0 saturated heterocycles. The molecular weight excluding hydrogens is 162 g/mol. The minimum absolute atomic E-state index is 0. The SMILES string of the molecule is CCCCC(CC)COC1CC1.N. The van der Waals surface area contributed by atoms with E-state index in [1.165, 1.54) is 38.5 Å². The highest BCUT2D eigenvalue weighted by atomic mass is 16.5. The molecule has 0 heterocycles. The van der Waals surface area contributed by atoms with Crippen LogP contribution >= 0.6 is 0 Å². The highest BCUT2D eigenvalue weighted by molar-refractivity contribution is 4.73. The second-order valence-electron chi connectivity index (χ2n) is 3.95. The molecule has 1 aliphatic carbocycles.